The monoisotopic (exact) mass is 342 g/mol. The molecule has 24 heavy (non-hydrogen) atoms. The van der Waals surface area contributed by atoms with Crippen molar-refractivity contribution in [1.82, 2.24) is 19.8 Å². The molecule has 0 saturated carbocycles. The second-order valence-electron chi connectivity index (χ2n) is 6.37. The third-order valence-corrected chi connectivity index (χ3v) is 5.50. The number of piperidine rings is 1. The van der Waals surface area contributed by atoms with Crippen LogP contribution < -0.4 is 0 Å². The molecule has 3 aliphatic heterocycles. The Morgan fingerprint density at radius 2 is 2.04 bits per heavy atom. The van der Waals surface area contributed by atoms with Gasteiger partial charge in [-0.25, -0.2) is 4.98 Å². The number of hydrogen-bond donors (Lipinski definition) is 0. The van der Waals surface area contributed by atoms with Gasteiger partial charge in [-0.2, -0.15) is 11.3 Å². The summed E-state index contributed by atoms with van der Waals surface area (Å²) >= 11 is 1.53. The molecule has 2 amide bonds. The zero-order valence-corrected chi connectivity index (χ0v) is 14.0. The Kier molecular flexibility index (Phi) is 4.02. The van der Waals surface area contributed by atoms with E-state index in [0.29, 0.717) is 24.7 Å². The fourth-order valence-corrected chi connectivity index (χ4v) is 4.25. The average molecular weight is 342 g/mol. The van der Waals surface area contributed by atoms with E-state index in [1.54, 1.807) is 6.20 Å². The highest BCUT2D eigenvalue weighted by atomic mass is 32.1. The normalized spacial score (nSPS) is 23.2. The number of carbonyl (C=O) groups excluding carboxylic acids is 2. The minimum absolute atomic E-state index is 0.0803. The average Bonchev–Trinajstić information content (AvgIpc) is 3.01. The fourth-order valence-electron chi connectivity index (χ4n) is 3.62. The first-order valence-corrected chi connectivity index (χ1v) is 9.05. The maximum atomic E-state index is 12.8. The lowest BCUT2D eigenvalue weighted by atomic mass is 9.94. The minimum atomic E-state index is -0.0927. The molecule has 0 N–H and O–H groups in total. The van der Waals surface area contributed by atoms with Gasteiger partial charge in [0, 0.05) is 43.4 Å². The van der Waals surface area contributed by atoms with Crippen molar-refractivity contribution >= 4 is 23.2 Å². The standard InChI is InChI=1S/C17H18N4O2S/c22-16(13-3-6-24-11-13)21-9-12-1-2-14(21)10-20(8-12)17(23)15-7-18-4-5-19-15/h3-7,11-12,14H,1-2,8-10H2/t12-,14+/m0/s1. The first kappa shape index (κ1) is 15.3. The van der Waals surface area contributed by atoms with E-state index in [1.165, 1.54) is 23.7 Å². The number of thiophene rings is 1. The summed E-state index contributed by atoms with van der Waals surface area (Å²) in [4.78, 5) is 37.4. The van der Waals surface area contributed by atoms with E-state index in [2.05, 4.69) is 9.97 Å². The van der Waals surface area contributed by atoms with Crippen LogP contribution in [0.5, 0.6) is 0 Å². The number of aromatic nitrogens is 2. The van der Waals surface area contributed by atoms with Crippen LogP contribution >= 0.6 is 11.3 Å². The second kappa shape index (κ2) is 6.32. The molecule has 3 saturated heterocycles. The number of carbonyl (C=O) groups is 2. The van der Waals surface area contributed by atoms with Crippen molar-refractivity contribution in [3.63, 3.8) is 0 Å². The third-order valence-electron chi connectivity index (χ3n) is 4.81. The highest BCUT2D eigenvalue weighted by Crippen LogP contribution is 2.30. The first-order valence-electron chi connectivity index (χ1n) is 8.11. The summed E-state index contributed by atoms with van der Waals surface area (Å²) < 4.78 is 0. The van der Waals surface area contributed by atoms with Crippen LogP contribution in [0, 0.1) is 5.92 Å². The highest BCUT2D eigenvalue weighted by molar-refractivity contribution is 7.08. The Morgan fingerprint density at radius 1 is 1.12 bits per heavy atom. The summed E-state index contributed by atoms with van der Waals surface area (Å²) in [6.45, 7) is 1.98. The van der Waals surface area contributed by atoms with Gasteiger partial charge in [0.15, 0.2) is 0 Å². The smallest absolute Gasteiger partial charge is 0.274 e. The van der Waals surface area contributed by atoms with Gasteiger partial charge in [-0.05, 0) is 30.2 Å². The van der Waals surface area contributed by atoms with Gasteiger partial charge in [-0.1, -0.05) is 0 Å². The number of hydrogen-bond acceptors (Lipinski definition) is 5. The van der Waals surface area contributed by atoms with Crippen LogP contribution in [0.2, 0.25) is 0 Å². The van der Waals surface area contributed by atoms with Crippen LogP contribution in [0.15, 0.2) is 35.4 Å². The van der Waals surface area contributed by atoms with Gasteiger partial charge < -0.3 is 9.80 Å². The Morgan fingerprint density at radius 3 is 2.79 bits per heavy atom. The second-order valence-corrected chi connectivity index (χ2v) is 7.15. The Bertz CT molecular complexity index is 734. The predicted octanol–water partition coefficient (Wildman–Crippen LogP) is 1.91. The van der Waals surface area contributed by atoms with Gasteiger partial charge in [0.25, 0.3) is 11.8 Å². The molecule has 7 heteroatoms. The number of amides is 2. The molecular formula is C17H18N4O2S. The largest absolute Gasteiger partial charge is 0.335 e. The van der Waals surface area contributed by atoms with Crippen molar-refractivity contribution in [3.05, 3.63) is 46.7 Å². The van der Waals surface area contributed by atoms with Crippen LogP contribution in [0.3, 0.4) is 0 Å². The lowest BCUT2D eigenvalue weighted by Gasteiger charge is -2.35. The van der Waals surface area contributed by atoms with Gasteiger partial charge in [0.2, 0.25) is 0 Å². The fraction of sp³-hybridized carbons (Fsp3) is 0.412. The number of fused-ring (bicyclic) bond motifs is 4. The molecule has 0 radical (unpaired) electrons. The Labute approximate surface area is 144 Å². The van der Waals surface area contributed by atoms with Crippen LogP contribution in [0.1, 0.15) is 33.7 Å². The quantitative estimate of drug-likeness (QED) is 0.836. The molecule has 5 rings (SSSR count). The van der Waals surface area contributed by atoms with Gasteiger partial charge in [-0.3, -0.25) is 14.6 Å². The molecule has 2 atom stereocenters. The van der Waals surface area contributed by atoms with Crippen molar-refractivity contribution in [2.75, 3.05) is 19.6 Å². The molecule has 2 aromatic heterocycles. The summed E-state index contributed by atoms with van der Waals surface area (Å²) in [5, 5.41) is 3.82. The molecule has 124 valence electrons. The van der Waals surface area contributed by atoms with Crippen molar-refractivity contribution in [3.8, 4) is 0 Å². The molecule has 6 nitrogen and oxygen atoms in total. The molecule has 2 bridgehead atoms. The summed E-state index contributed by atoms with van der Waals surface area (Å²) in [5.74, 6) is 0.316. The number of rotatable bonds is 2. The van der Waals surface area contributed by atoms with Gasteiger partial charge in [0.1, 0.15) is 5.69 Å². The van der Waals surface area contributed by atoms with Crippen LogP contribution in [0.25, 0.3) is 0 Å². The maximum absolute atomic E-state index is 12.8. The highest BCUT2D eigenvalue weighted by Gasteiger charge is 2.39. The van der Waals surface area contributed by atoms with Crippen molar-refractivity contribution in [2.24, 2.45) is 5.92 Å². The van der Waals surface area contributed by atoms with Crippen molar-refractivity contribution in [2.45, 2.75) is 18.9 Å². The molecular weight excluding hydrogens is 324 g/mol. The van der Waals surface area contributed by atoms with E-state index in [4.69, 9.17) is 0 Å². The van der Waals surface area contributed by atoms with E-state index in [1.807, 2.05) is 26.6 Å². The van der Waals surface area contributed by atoms with Crippen LogP contribution in [-0.4, -0.2) is 57.3 Å². The van der Waals surface area contributed by atoms with E-state index in [-0.39, 0.29) is 17.9 Å². The van der Waals surface area contributed by atoms with Gasteiger partial charge in [-0.15, -0.1) is 0 Å². The lowest BCUT2D eigenvalue weighted by molar-refractivity contribution is 0.0574. The van der Waals surface area contributed by atoms with E-state index >= 15 is 0 Å². The summed E-state index contributed by atoms with van der Waals surface area (Å²) in [7, 11) is 0. The lowest BCUT2D eigenvalue weighted by Crippen LogP contribution is -2.47. The molecule has 5 heterocycles. The van der Waals surface area contributed by atoms with E-state index in [0.717, 1.165) is 24.9 Å². The van der Waals surface area contributed by atoms with Gasteiger partial charge >= 0.3 is 0 Å². The maximum Gasteiger partial charge on any atom is 0.274 e. The first-order chi connectivity index (χ1) is 11.7. The summed E-state index contributed by atoms with van der Waals surface area (Å²) in [6.07, 6.45) is 6.60. The van der Waals surface area contributed by atoms with Gasteiger partial charge in [0.05, 0.1) is 11.8 Å². The molecule has 0 unspecified atom stereocenters. The zero-order valence-electron chi connectivity index (χ0n) is 13.2. The summed E-state index contributed by atoms with van der Waals surface area (Å²) in [6, 6.07) is 1.95. The molecule has 3 aliphatic rings. The molecule has 0 aromatic carbocycles. The molecule has 3 fully saturated rings. The van der Waals surface area contributed by atoms with E-state index < -0.39 is 0 Å². The van der Waals surface area contributed by atoms with Crippen molar-refractivity contribution < 1.29 is 9.59 Å². The zero-order chi connectivity index (χ0) is 16.5. The SMILES string of the molecule is O=C(c1cnccn1)N1C[C@@H]2CC[C@H](C1)N(C(=O)c1ccsc1)C2. The topological polar surface area (TPSA) is 66.4 Å². The number of nitrogens with zero attached hydrogens (tertiary/aromatic N) is 4. The Hall–Kier alpha value is -2.28. The van der Waals surface area contributed by atoms with Crippen LogP contribution in [-0.2, 0) is 0 Å². The minimum Gasteiger partial charge on any atom is -0.335 e. The van der Waals surface area contributed by atoms with Crippen LogP contribution in [0.4, 0.5) is 0 Å². The molecule has 0 spiro atoms. The predicted molar refractivity (Wildman–Crippen MR) is 89.8 cm³/mol. The Balaban J connectivity index is 1.55. The van der Waals surface area contributed by atoms with E-state index in [9.17, 15) is 9.59 Å². The molecule has 2 aromatic rings. The summed E-state index contributed by atoms with van der Waals surface area (Å²) in [5.41, 5.74) is 1.12. The third kappa shape index (κ3) is 2.80. The van der Waals surface area contributed by atoms with Crippen molar-refractivity contribution in [1.29, 1.82) is 0 Å². The molecule has 0 aliphatic carbocycles.